The minimum atomic E-state index is -3.66. The van der Waals surface area contributed by atoms with Crippen molar-refractivity contribution < 1.29 is 27.9 Å². The Labute approximate surface area is 118 Å². The third kappa shape index (κ3) is 5.46. The van der Waals surface area contributed by atoms with Crippen LogP contribution in [0.3, 0.4) is 0 Å². The van der Waals surface area contributed by atoms with Crippen molar-refractivity contribution >= 4 is 22.0 Å². The van der Waals surface area contributed by atoms with E-state index in [9.17, 15) is 18.0 Å². The molecule has 1 aliphatic heterocycles. The fraction of sp³-hybridized carbons (Fsp3) is 0.833. The zero-order chi connectivity index (χ0) is 15.2. The van der Waals surface area contributed by atoms with E-state index in [0.717, 1.165) is 6.42 Å². The number of piperidine rings is 1. The lowest BCUT2D eigenvalue weighted by Crippen LogP contribution is -2.42. The van der Waals surface area contributed by atoms with Crippen LogP contribution in [0.4, 0.5) is 0 Å². The summed E-state index contributed by atoms with van der Waals surface area (Å²) in [6.07, 6.45) is 2.00. The van der Waals surface area contributed by atoms with Crippen LogP contribution in [0.15, 0.2) is 0 Å². The Kier molecular flexibility index (Phi) is 6.41. The van der Waals surface area contributed by atoms with Gasteiger partial charge in [0.05, 0.1) is 6.61 Å². The van der Waals surface area contributed by atoms with Gasteiger partial charge in [-0.25, -0.2) is 12.7 Å². The molecule has 0 radical (unpaired) electrons. The Morgan fingerprint density at radius 3 is 2.70 bits per heavy atom. The lowest BCUT2D eigenvalue weighted by atomic mass is 9.95. The monoisotopic (exact) mass is 307 g/mol. The number of rotatable bonds is 7. The molecule has 20 heavy (non-hydrogen) atoms. The van der Waals surface area contributed by atoms with Gasteiger partial charge in [-0.3, -0.25) is 9.59 Å². The van der Waals surface area contributed by atoms with Crippen LogP contribution < -0.4 is 0 Å². The molecule has 7 nitrogen and oxygen atoms in total. The van der Waals surface area contributed by atoms with Crippen LogP contribution in [-0.2, 0) is 24.3 Å². The van der Waals surface area contributed by atoms with Gasteiger partial charge in [0.2, 0.25) is 10.0 Å². The van der Waals surface area contributed by atoms with Crippen molar-refractivity contribution in [1.29, 1.82) is 0 Å². The first-order valence-corrected chi connectivity index (χ1v) is 8.31. The van der Waals surface area contributed by atoms with Crippen LogP contribution in [0.2, 0.25) is 0 Å². The number of carbonyl (C=O) groups is 2. The molecule has 1 aliphatic rings. The molecular formula is C12H21NO6S. The Bertz CT molecular complexity index is 447. The first-order valence-electron chi connectivity index (χ1n) is 6.70. The number of nitrogens with zero attached hydrogens (tertiary/aromatic N) is 1. The van der Waals surface area contributed by atoms with Gasteiger partial charge in [-0.05, 0) is 32.1 Å². The fourth-order valence-corrected chi connectivity index (χ4v) is 3.69. The minimum absolute atomic E-state index is 0.0381. The average molecular weight is 307 g/mol. The molecule has 1 unspecified atom stereocenters. The van der Waals surface area contributed by atoms with Gasteiger partial charge < -0.3 is 9.84 Å². The maximum Gasteiger partial charge on any atom is 0.322 e. The minimum Gasteiger partial charge on any atom is -0.481 e. The second kappa shape index (κ2) is 7.58. The first-order chi connectivity index (χ1) is 9.35. The zero-order valence-electron chi connectivity index (χ0n) is 11.6. The highest BCUT2D eigenvalue weighted by Crippen LogP contribution is 2.23. The molecule has 0 spiro atoms. The molecule has 0 aromatic rings. The van der Waals surface area contributed by atoms with E-state index in [-0.39, 0.29) is 25.5 Å². The molecule has 0 aromatic heterocycles. The van der Waals surface area contributed by atoms with Crippen molar-refractivity contribution in [1.82, 2.24) is 4.31 Å². The van der Waals surface area contributed by atoms with Gasteiger partial charge in [0.15, 0.2) is 5.75 Å². The van der Waals surface area contributed by atoms with Gasteiger partial charge in [-0.2, -0.15) is 0 Å². The summed E-state index contributed by atoms with van der Waals surface area (Å²) in [6, 6.07) is 0. The Hall–Kier alpha value is -1.15. The summed E-state index contributed by atoms with van der Waals surface area (Å²) in [6.45, 7) is 2.43. The second-order valence-electron chi connectivity index (χ2n) is 4.86. The summed E-state index contributed by atoms with van der Waals surface area (Å²) >= 11 is 0. The van der Waals surface area contributed by atoms with Crippen LogP contribution in [0.25, 0.3) is 0 Å². The molecule has 1 rings (SSSR count). The van der Waals surface area contributed by atoms with Crippen LogP contribution >= 0.6 is 0 Å². The number of carboxylic acids is 1. The van der Waals surface area contributed by atoms with E-state index in [0.29, 0.717) is 19.4 Å². The van der Waals surface area contributed by atoms with E-state index in [4.69, 9.17) is 5.11 Å². The molecule has 0 amide bonds. The third-order valence-corrected chi connectivity index (χ3v) is 4.97. The van der Waals surface area contributed by atoms with E-state index in [1.165, 1.54) is 4.31 Å². The van der Waals surface area contributed by atoms with Gasteiger partial charge in [-0.1, -0.05) is 0 Å². The lowest BCUT2D eigenvalue weighted by Gasteiger charge is -2.31. The molecule has 0 bridgehead atoms. The number of sulfonamides is 1. The summed E-state index contributed by atoms with van der Waals surface area (Å²) in [4.78, 5) is 21.8. The largest absolute Gasteiger partial charge is 0.481 e. The maximum absolute atomic E-state index is 12.1. The molecule has 1 fully saturated rings. The van der Waals surface area contributed by atoms with E-state index < -0.39 is 27.7 Å². The highest BCUT2D eigenvalue weighted by molar-refractivity contribution is 7.89. The number of esters is 1. The van der Waals surface area contributed by atoms with E-state index in [2.05, 4.69) is 4.74 Å². The van der Waals surface area contributed by atoms with E-state index in [1.807, 2.05) is 0 Å². The first kappa shape index (κ1) is 16.9. The molecule has 1 heterocycles. The van der Waals surface area contributed by atoms with Gasteiger partial charge >= 0.3 is 11.9 Å². The average Bonchev–Trinajstić information content (AvgIpc) is 2.36. The molecular weight excluding hydrogens is 286 g/mol. The van der Waals surface area contributed by atoms with E-state index in [1.54, 1.807) is 6.92 Å². The van der Waals surface area contributed by atoms with Crippen molar-refractivity contribution in [2.75, 3.05) is 25.4 Å². The van der Waals surface area contributed by atoms with Crippen molar-refractivity contribution in [2.24, 2.45) is 5.92 Å². The number of ether oxygens (including phenoxy) is 1. The summed E-state index contributed by atoms with van der Waals surface area (Å²) in [5.74, 6) is -2.24. The standard InChI is InChI=1S/C12H21NO6S/c1-2-19-12(16)9-20(17,18)13-7-3-4-10(8-13)5-6-11(14)15/h10H,2-9H2,1H3,(H,14,15). The number of hydrogen-bond donors (Lipinski definition) is 1. The lowest BCUT2D eigenvalue weighted by molar-refractivity contribution is -0.140. The van der Waals surface area contributed by atoms with Crippen molar-refractivity contribution in [3.05, 3.63) is 0 Å². The third-order valence-electron chi connectivity index (χ3n) is 3.25. The van der Waals surface area contributed by atoms with Crippen LogP contribution in [0.5, 0.6) is 0 Å². The molecule has 8 heteroatoms. The molecule has 1 N–H and O–H groups in total. The summed E-state index contributed by atoms with van der Waals surface area (Å²) in [5, 5.41) is 8.65. The summed E-state index contributed by atoms with van der Waals surface area (Å²) < 4.78 is 30.1. The number of carbonyl (C=O) groups excluding carboxylic acids is 1. The van der Waals surface area contributed by atoms with Gasteiger partial charge in [0, 0.05) is 19.5 Å². The SMILES string of the molecule is CCOC(=O)CS(=O)(=O)N1CCCC(CCC(=O)O)C1. The summed E-state index contributed by atoms with van der Waals surface area (Å²) in [5.41, 5.74) is 0. The zero-order valence-corrected chi connectivity index (χ0v) is 12.4. The fourth-order valence-electron chi connectivity index (χ4n) is 2.29. The topological polar surface area (TPSA) is 101 Å². The van der Waals surface area contributed by atoms with E-state index >= 15 is 0 Å². The highest BCUT2D eigenvalue weighted by atomic mass is 32.2. The quantitative estimate of drug-likeness (QED) is 0.686. The molecule has 0 aliphatic carbocycles. The normalized spacial score (nSPS) is 20.6. The predicted molar refractivity (Wildman–Crippen MR) is 71.6 cm³/mol. The Balaban J connectivity index is 2.56. The Morgan fingerprint density at radius 2 is 2.10 bits per heavy atom. The number of hydrogen-bond acceptors (Lipinski definition) is 5. The predicted octanol–water partition coefficient (Wildman–Crippen LogP) is 0.456. The maximum atomic E-state index is 12.1. The van der Waals surface area contributed by atoms with Crippen LogP contribution in [-0.4, -0.2) is 55.2 Å². The van der Waals surface area contributed by atoms with Crippen molar-refractivity contribution in [2.45, 2.75) is 32.6 Å². The molecule has 0 aromatic carbocycles. The van der Waals surface area contributed by atoms with Crippen LogP contribution in [0, 0.1) is 5.92 Å². The Morgan fingerprint density at radius 1 is 1.40 bits per heavy atom. The van der Waals surface area contributed by atoms with Crippen LogP contribution in [0.1, 0.15) is 32.6 Å². The number of carboxylic acid groups (broad SMARTS) is 1. The summed E-state index contributed by atoms with van der Waals surface area (Å²) in [7, 11) is -3.66. The van der Waals surface area contributed by atoms with Gasteiger partial charge in [0.25, 0.3) is 0 Å². The van der Waals surface area contributed by atoms with Crippen molar-refractivity contribution in [3.63, 3.8) is 0 Å². The van der Waals surface area contributed by atoms with Crippen molar-refractivity contribution in [3.8, 4) is 0 Å². The molecule has 0 saturated carbocycles. The molecule has 1 saturated heterocycles. The molecule has 116 valence electrons. The van der Waals surface area contributed by atoms with Gasteiger partial charge in [-0.15, -0.1) is 0 Å². The second-order valence-corrected chi connectivity index (χ2v) is 6.83. The van der Waals surface area contributed by atoms with Gasteiger partial charge in [0.1, 0.15) is 0 Å². The number of aliphatic carboxylic acids is 1. The highest BCUT2D eigenvalue weighted by Gasteiger charge is 2.31. The molecule has 1 atom stereocenters. The smallest absolute Gasteiger partial charge is 0.322 e.